The van der Waals surface area contributed by atoms with Gasteiger partial charge in [-0.1, -0.05) is 34.4 Å². The highest BCUT2D eigenvalue weighted by atomic mass is 35.5. The van der Waals surface area contributed by atoms with Crippen LogP contribution in [0.4, 0.5) is 49.9 Å². The number of aryl methyl sites for hydroxylation is 1. The van der Waals surface area contributed by atoms with Crippen LogP contribution in [-0.2, 0) is 16.6 Å². The molecule has 0 saturated carbocycles. The highest BCUT2D eigenvalue weighted by Gasteiger charge is 2.62. The number of benzene rings is 2. The summed E-state index contributed by atoms with van der Waals surface area (Å²) in [6, 6.07) is 4.80. The number of hydrogen-bond donors (Lipinski definition) is 1. The van der Waals surface area contributed by atoms with Crippen molar-refractivity contribution in [1.82, 2.24) is 14.8 Å². The predicted octanol–water partition coefficient (Wildman–Crippen LogP) is 7.62. The Bertz CT molecular complexity index is 1550. The van der Waals surface area contributed by atoms with Crippen LogP contribution in [0.15, 0.2) is 35.5 Å². The third-order valence-corrected chi connectivity index (χ3v) is 6.54. The number of anilines is 1. The fraction of sp³-hybridized carbons (Fsp3) is 0.304. The average Bonchev–Trinajstić information content (AvgIpc) is 3.52. The molecule has 0 fully saturated rings. The molecule has 1 aliphatic rings. The molecule has 1 amide bonds. The maximum Gasteiger partial charge on any atom is 0.451 e. The van der Waals surface area contributed by atoms with E-state index < -0.39 is 80.9 Å². The third-order valence-electron chi connectivity index (χ3n) is 5.99. The van der Waals surface area contributed by atoms with E-state index in [1.54, 1.807) is 0 Å². The molecule has 0 bridgehead atoms. The summed E-state index contributed by atoms with van der Waals surface area (Å²) in [5.74, 6) is -5.56. The number of amides is 1. The Balaban J connectivity index is 1.60. The molecule has 0 aliphatic carbocycles. The zero-order valence-electron chi connectivity index (χ0n) is 20.4. The lowest BCUT2D eigenvalue weighted by Crippen LogP contribution is -2.42. The average molecular weight is 652 g/mol. The molecule has 1 N–H and O–H groups in total. The van der Waals surface area contributed by atoms with E-state index in [-0.39, 0.29) is 22.4 Å². The van der Waals surface area contributed by atoms with Gasteiger partial charge in [0.25, 0.3) is 24.2 Å². The van der Waals surface area contributed by atoms with E-state index >= 15 is 0 Å². The predicted molar refractivity (Wildman–Crippen MR) is 127 cm³/mol. The van der Waals surface area contributed by atoms with Crippen molar-refractivity contribution in [1.29, 1.82) is 0 Å². The second kappa shape index (κ2) is 10.9. The molecule has 1 aliphatic heterocycles. The van der Waals surface area contributed by atoms with Gasteiger partial charge in [-0.25, -0.2) is 17.6 Å². The highest BCUT2D eigenvalue weighted by Crippen LogP contribution is 2.50. The van der Waals surface area contributed by atoms with Crippen LogP contribution in [0.3, 0.4) is 0 Å². The van der Waals surface area contributed by atoms with Crippen molar-refractivity contribution in [3.63, 3.8) is 0 Å². The Morgan fingerprint density at radius 3 is 2.21 bits per heavy atom. The van der Waals surface area contributed by atoms with Gasteiger partial charge in [-0.3, -0.25) is 10.1 Å². The van der Waals surface area contributed by atoms with E-state index in [2.05, 4.69) is 15.2 Å². The topological polar surface area (TPSA) is 81.4 Å². The van der Waals surface area contributed by atoms with Gasteiger partial charge in [0.1, 0.15) is 0 Å². The largest absolute Gasteiger partial charge is 0.451 e. The molecule has 0 radical (unpaired) electrons. The minimum atomic E-state index is -5.40. The van der Waals surface area contributed by atoms with Gasteiger partial charge >= 0.3 is 12.4 Å². The first-order valence-electron chi connectivity index (χ1n) is 11.2. The maximum atomic E-state index is 14.2. The summed E-state index contributed by atoms with van der Waals surface area (Å²) in [5, 5.41) is 6.94. The van der Waals surface area contributed by atoms with Crippen LogP contribution in [0.25, 0.3) is 0 Å². The molecule has 42 heavy (non-hydrogen) atoms. The van der Waals surface area contributed by atoms with Crippen LogP contribution in [0.5, 0.6) is 0 Å². The summed E-state index contributed by atoms with van der Waals surface area (Å²) in [5.41, 5.74) is -4.13. The van der Waals surface area contributed by atoms with Gasteiger partial charge in [0.2, 0.25) is 11.8 Å². The number of carbonyl (C=O) groups excluding carboxylic acids is 1. The molecule has 7 nitrogen and oxygen atoms in total. The van der Waals surface area contributed by atoms with Crippen molar-refractivity contribution in [3.8, 4) is 0 Å². The van der Waals surface area contributed by atoms with Crippen molar-refractivity contribution in [2.75, 3.05) is 5.32 Å². The summed E-state index contributed by atoms with van der Waals surface area (Å²) in [6.07, 6.45) is -18.8. The lowest BCUT2D eigenvalue weighted by Gasteiger charge is -2.29. The van der Waals surface area contributed by atoms with Crippen molar-refractivity contribution in [2.45, 2.75) is 44.0 Å². The van der Waals surface area contributed by atoms with Crippen molar-refractivity contribution < 1.29 is 53.5 Å². The summed E-state index contributed by atoms with van der Waals surface area (Å²) in [7, 11) is 0. The zero-order chi connectivity index (χ0) is 31.4. The van der Waals surface area contributed by atoms with Gasteiger partial charge in [-0.05, 0) is 42.3 Å². The van der Waals surface area contributed by atoms with Gasteiger partial charge in [0.15, 0.2) is 5.82 Å². The first-order valence-corrected chi connectivity index (χ1v) is 12.0. The molecule has 4 rings (SSSR count). The molecule has 1 aromatic heterocycles. The summed E-state index contributed by atoms with van der Waals surface area (Å²) >= 11 is 11.3. The monoisotopic (exact) mass is 651 g/mol. The van der Waals surface area contributed by atoms with Crippen LogP contribution in [-0.4, -0.2) is 39.0 Å². The molecule has 0 spiro atoms. The summed E-state index contributed by atoms with van der Waals surface area (Å²) in [4.78, 5) is 20.4. The molecule has 226 valence electrons. The number of aromatic nitrogens is 3. The minimum absolute atomic E-state index is 0.0356. The Hall–Kier alpha value is -3.60. The zero-order valence-corrected chi connectivity index (χ0v) is 21.9. The normalized spacial score (nSPS) is 18.2. The Kier molecular flexibility index (Phi) is 8.14. The second-order valence-electron chi connectivity index (χ2n) is 8.78. The number of nitrogens with zero attached hydrogens (tertiary/aromatic N) is 4. The standard InChI is InChI=1S/C23H13Cl2F10N5O2/c1-8-4-9(14-7-21(42-39-14,23(33,34)35)10-5-12(24)15(26)13(25)6-10)2-3-11(8)18(41)36-20-37-19(22(30,31)32)40(38-20)17(29)16(27)28/h2-6,16-17H,7H2,1H3,(H,36,38,41). The van der Waals surface area contributed by atoms with E-state index in [1.807, 2.05) is 5.32 Å². The fourth-order valence-electron chi connectivity index (χ4n) is 3.96. The first-order chi connectivity index (χ1) is 19.4. The van der Waals surface area contributed by atoms with Crippen LogP contribution in [0.1, 0.15) is 45.6 Å². The number of rotatable bonds is 6. The first kappa shape index (κ1) is 31.3. The van der Waals surface area contributed by atoms with Crippen LogP contribution in [0.2, 0.25) is 10.0 Å². The van der Waals surface area contributed by atoms with Gasteiger partial charge in [0.05, 0.1) is 15.8 Å². The van der Waals surface area contributed by atoms with Gasteiger partial charge in [-0.2, -0.15) is 36.0 Å². The molecule has 0 saturated heterocycles. The Morgan fingerprint density at radius 2 is 1.69 bits per heavy atom. The van der Waals surface area contributed by atoms with Crippen molar-refractivity contribution >= 4 is 40.8 Å². The molecule has 2 aromatic carbocycles. The van der Waals surface area contributed by atoms with E-state index in [1.165, 1.54) is 13.0 Å². The van der Waals surface area contributed by atoms with Crippen molar-refractivity contribution in [2.24, 2.45) is 5.16 Å². The number of alkyl halides is 9. The second-order valence-corrected chi connectivity index (χ2v) is 9.59. The van der Waals surface area contributed by atoms with Crippen LogP contribution in [0, 0.1) is 12.7 Å². The maximum absolute atomic E-state index is 14.2. The van der Waals surface area contributed by atoms with E-state index in [0.29, 0.717) is 12.1 Å². The molecule has 2 atom stereocenters. The number of halogens is 12. The van der Waals surface area contributed by atoms with Gasteiger partial charge in [0, 0.05) is 17.5 Å². The smallest absolute Gasteiger partial charge is 0.374 e. The molecule has 2 unspecified atom stereocenters. The summed E-state index contributed by atoms with van der Waals surface area (Å²) in [6.45, 7) is 1.31. The number of hydrogen-bond acceptors (Lipinski definition) is 5. The van der Waals surface area contributed by atoms with Crippen molar-refractivity contribution in [3.05, 3.63) is 74.3 Å². The number of carbonyl (C=O) groups is 1. The highest BCUT2D eigenvalue weighted by molar-refractivity contribution is 6.35. The molecule has 3 aromatic rings. The van der Waals surface area contributed by atoms with E-state index in [9.17, 15) is 48.7 Å². The quantitative estimate of drug-likeness (QED) is 0.220. The Labute approximate surface area is 238 Å². The Morgan fingerprint density at radius 1 is 1.07 bits per heavy atom. The fourth-order valence-corrected chi connectivity index (χ4v) is 4.45. The molecular formula is C23H13Cl2F10N5O2. The minimum Gasteiger partial charge on any atom is -0.374 e. The molecule has 2 heterocycles. The third kappa shape index (κ3) is 5.71. The van der Waals surface area contributed by atoms with Crippen LogP contribution < -0.4 is 5.32 Å². The lowest BCUT2D eigenvalue weighted by atomic mass is 9.86. The summed E-state index contributed by atoms with van der Waals surface area (Å²) < 4.78 is 134. The van der Waals surface area contributed by atoms with Crippen LogP contribution >= 0.6 is 23.2 Å². The molecule has 19 heteroatoms. The van der Waals surface area contributed by atoms with Gasteiger partial charge < -0.3 is 4.84 Å². The van der Waals surface area contributed by atoms with E-state index in [0.717, 1.165) is 12.1 Å². The SMILES string of the molecule is Cc1cc(C2=NOC(c3cc(Cl)c(F)c(Cl)c3)(C(F)(F)F)C2)ccc1C(=O)Nc1nc(C(F)(F)F)n(C(F)C(F)F)n1. The lowest BCUT2D eigenvalue weighted by molar-refractivity contribution is -0.275. The number of oxime groups is 1. The molecular weight excluding hydrogens is 639 g/mol. The van der Waals surface area contributed by atoms with Gasteiger partial charge in [-0.15, -0.1) is 5.10 Å². The number of nitrogens with one attached hydrogen (secondary N) is 1. The van der Waals surface area contributed by atoms with E-state index in [4.69, 9.17) is 28.0 Å².